The Balaban J connectivity index is 1.21. The third kappa shape index (κ3) is 9.40. The first kappa shape index (κ1) is 34.5. The molecule has 5 rings (SSSR count). The highest BCUT2D eigenvalue weighted by Gasteiger charge is 2.30. The molecule has 252 valence electrons. The number of amides is 3. The van der Waals surface area contributed by atoms with E-state index in [4.69, 9.17) is 16.3 Å². The molecule has 0 saturated carbocycles. The summed E-state index contributed by atoms with van der Waals surface area (Å²) in [6.07, 6.45) is 3.94. The number of urea groups is 1. The highest BCUT2D eigenvalue weighted by Crippen LogP contribution is 2.32. The number of rotatable bonds is 10. The van der Waals surface area contributed by atoms with Crippen molar-refractivity contribution in [2.24, 2.45) is 0 Å². The van der Waals surface area contributed by atoms with Crippen LogP contribution in [-0.4, -0.2) is 55.6 Å². The molecule has 0 aliphatic carbocycles. The van der Waals surface area contributed by atoms with Crippen molar-refractivity contribution in [1.82, 2.24) is 9.88 Å². The minimum atomic E-state index is -3.45. The molecule has 0 radical (unpaired) electrons. The van der Waals surface area contributed by atoms with Gasteiger partial charge in [0.25, 0.3) is 0 Å². The number of nitrogens with zero attached hydrogens (tertiary/aromatic N) is 3. The zero-order valence-electron chi connectivity index (χ0n) is 26.0. The van der Waals surface area contributed by atoms with Gasteiger partial charge in [-0.3, -0.25) is 19.3 Å². The predicted molar refractivity (Wildman–Crippen MR) is 181 cm³/mol. The average Bonchev–Trinajstić information content (AvgIpc) is 3.01. The summed E-state index contributed by atoms with van der Waals surface area (Å²) in [7, 11) is -3.45. The minimum Gasteiger partial charge on any atom is -0.437 e. The first-order valence-electron chi connectivity index (χ1n) is 14.9. The molecule has 15 heteroatoms. The number of anilines is 4. The van der Waals surface area contributed by atoms with Crippen molar-refractivity contribution < 1.29 is 31.5 Å². The summed E-state index contributed by atoms with van der Waals surface area (Å²) in [5.41, 5.74) is 1.84. The van der Waals surface area contributed by atoms with Crippen LogP contribution < -0.4 is 25.0 Å². The lowest BCUT2D eigenvalue weighted by molar-refractivity contribution is -0.114. The topological polar surface area (TPSA) is 133 Å². The minimum absolute atomic E-state index is 0.0677. The van der Waals surface area contributed by atoms with Crippen LogP contribution in [0.4, 0.5) is 36.3 Å². The number of benzene rings is 3. The number of aromatic nitrogens is 1. The van der Waals surface area contributed by atoms with Gasteiger partial charge in [-0.15, -0.1) is 0 Å². The Morgan fingerprint density at radius 2 is 1.75 bits per heavy atom. The normalized spacial score (nSPS) is 13.9. The number of piperidine rings is 1. The predicted octanol–water partition coefficient (Wildman–Crippen LogP) is 6.84. The van der Waals surface area contributed by atoms with Crippen molar-refractivity contribution in [1.29, 1.82) is 0 Å². The molecule has 0 unspecified atom stereocenters. The van der Waals surface area contributed by atoms with Gasteiger partial charge in [0.05, 0.1) is 22.7 Å². The first-order chi connectivity index (χ1) is 22.8. The van der Waals surface area contributed by atoms with Crippen molar-refractivity contribution in [2.45, 2.75) is 32.4 Å². The second kappa shape index (κ2) is 15.0. The average molecular weight is 699 g/mol. The van der Waals surface area contributed by atoms with Gasteiger partial charge in [-0.25, -0.2) is 27.0 Å². The molecule has 0 spiro atoms. The number of pyridine rings is 1. The monoisotopic (exact) mass is 698 g/mol. The zero-order valence-corrected chi connectivity index (χ0v) is 27.6. The molecule has 0 bridgehead atoms. The molecule has 1 fully saturated rings. The number of carbonyl (C=O) groups excluding carboxylic acids is 2. The maximum Gasteiger partial charge on any atom is 0.326 e. The van der Waals surface area contributed by atoms with Gasteiger partial charge in [0.2, 0.25) is 21.8 Å². The molecule has 3 aromatic carbocycles. The van der Waals surface area contributed by atoms with E-state index in [2.05, 4.69) is 25.2 Å². The van der Waals surface area contributed by atoms with Crippen molar-refractivity contribution >= 4 is 56.3 Å². The van der Waals surface area contributed by atoms with E-state index in [9.17, 15) is 26.8 Å². The third-order valence-electron chi connectivity index (χ3n) is 7.41. The lowest BCUT2D eigenvalue weighted by atomic mass is 10.0. The summed E-state index contributed by atoms with van der Waals surface area (Å²) < 4.78 is 59.5. The molecule has 4 aromatic rings. The number of halogens is 3. The van der Waals surface area contributed by atoms with E-state index in [1.54, 1.807) is 24.4 Å². The Bertz CT molecular complexity index is 1910. The van der Waals surface area contributed by atoms with Gasteiger partial charge < -0.3 is 15.4 Å². The number of nitrogens with one attached hydrogen (secondary N) is 3. The molecular weight excluding hydrogens is 666 g/mol. The van der Waals surface area contributed by atoms with E-state index in [0.29, 0.717) is 55.5 Å². The number of carbonyl (C=O) groups is 2. The highest BCUT2D eigenvalue weighted by atomic mass is 35.5. The second-order valence-electron chi connectivity index (χ2n) is 11.3. The molecule has 3 amide bonds. The molecule has 0 atom stereocenters. The van der Waals surface area contributed by atoms with E-state index in [-0.39, 0.29) is 22.4 Å². The molecule has 1 aromatic heterocycles. The van der Waals surface area contributed by atoms with Crippen molar-refractivity contribution in [3.05, 3.63) is 101 Å². The Hall–Kier alpha value is -4.79. The first-order valence-corrected chi connectivity index (χ1v) is 17.2. The third-order valence-corrected chi connectivity index (χ3v) is 8.31. The Morgan fingerprint density at radius 1 is 1.00 bits per heavy atom. The molecular formula is C33H33ClF2N6O5S. The van der Waals surface area contributed by atoms with E-state index in [1.807, 2.05) is 6.07 Å². The number of hydrogen-bond donors (Lipinski definition) is 3. The van der Waals surface area contributed by atoms with E-state index in [1.165, 1.54) is 54.3 Å². The van der Waals surface area contributed by atoms with Gasteiger partial charge in [0, 0.05) is 56.2 Å². The fraction of sp³-hybridized carbons (Fsp3) is 0.242. The maximum absolute atomic E-state index is 14.3. The van der Waals surface area contributed by atoms with Crippen molar-refractivity contribution in [2.75, 3.05) is 39.6 Å². The van der Waals surface area contributed by atoms with E-state index < -0.39 is 33.6 Å². The van der Waals surface area contributed by atoms with Gasteiger partial charge in [0.1, 0.15) is 17.4 Å². The van der Waals surface area contributed by atoms with Crippen LogP contribution in [-0.2, 0) is 21.4 Å². The van der Waals surface area contributed by atoms with Crippen LogP contribution in [0.2, 0.25) is 5.02 Å². The van der Waals surface area contributed by atoms with Crippen LogP contribution in [0.25, 0.3) is 0 Å². The zero-order chi connectivity index (χ0) is 34.4. The molecule has 1 aliphatic heterocycles. The largest absolute Gasteiger partial charge is 0.437 e. The maximum atomic E-state index is 14.3. The van der Waals surface area contributed by atoms with Crippen LogP contribution >= 0.6 is 11.6 Å². The van der Waals surface area contributed by atoms with Gasteiger partial charge in [-0.05, 0) is 73.0 Å². The molecule has 48 heavy (non-hydrogen) atoms. The van der Waals surface area contributed by atoms with Crippen LogP contribution in [0.3, 0.4) is 0 Å². The van der Waals surface area contributed by atoms with Crippen LogP contribution in [0.1, 0.15) is 25.3 Å². The van der Waals surface area contributed by atoms with Crippen LogP contribution in [0.15, 0.2) is 79.0 Å². The van der Waals surface area contributed by atoms with Crippen LogP contribution in [0, 0.1) is 11.6 Å². The van der Waals surface area contributed by atoms with Crippen molar-refractivity contribution in [3.63, 3.8) is 0 Å². The highest BCUT2D eigenvalue weighted by molar-refractivity contribution is 7.92. The molecule has 11 nitrogen and oxygen atoms in total. The van der Waals surface area contributed by atoms with Gasteiger partial charge in [-0.1, -0.05) is 23.7 Å². The fourth-order valence-corrected chi connectivity index (χ4v) is 6.10. The number of ether oxygens (including phenoxy) is 1. The Labute approximate surface area is 281 Å². The summed E-state index contributed by atoms with van der Waals surface area (Å²) in [6.45, 7) is 3.15. The van der Waals surface area contributed by atoms with Crippen molar-refractivity contribution in [3.8, 4) is 11.6 Å². The molecule has 3 N–H and O–H groups in total. The van der Waals surface area contributed by atoms with Crippen LogP contribution in [0.5, 0.6) is 11.6 Å². The van der Waals surface area contributed by atoms with E-state index >= 15 is 0 Å². The molecule has 1 saturated heterocycles. The lowest BCUT2D eigenvalue weighted by Gasteiger charge is -2.38. The number of likely N-dealkylation sites (tertiary alicyclic amines) is 1. The summed E-state index contributed by atoms with van der Waals surface area (Å²) in [4.78, 5) is 33.2. The van der Waals surface area contributed by atoms with Gasteiger partial charge in [-0.2, -0.15) is 0 Å². The lowest BCUT2D eigenvalue weighted by Crippen LogP contribution is -2.49. The molecule has 2 heterocycles. The number of hydrogen-bond acceptors (Lipinski definition) is 7. The molecule has 1 aliphatic rings. The fourth-order valence-electron chi connectivity index (χ4n) is 5.32. The SMILES string of the molecule is CC(=O)Nc1cc(NC(=O)N(c2cccc(F)c2)C2CCN(Cc3ccc(Oc4ccc(NS(C)(=O)=O)cc4Cl)nc3)CC2)ccc1F. The smallest absolute Gasteiger partial charge is 0.326 e. The van der Waals surface area contributed by atoms with E-state index in [0.717, 1.165) is 17.9 Å². The van der Waals surface area contributed by atoms with Gasteiger partial charge >= 0.3 is 6.03 Å². The Kier molecular flexibility index (Phi) is 10.8. The number of sulfonamides is 1. The summed E-state index contributed by atoms with van der Waals surface area (Å²) >= 11 is 6.27. The summed E-state index contributed by atoms with van der Waals surface area (Å²) in [5, 5.41) is 5.38. The second-order valence-corrected chi connectivity index (χ2v) is 13.4. The summed E-state index contributed by atoms with van der Waals surface area (Å²) in [5.74, 6) is -0.956. The Morgan fingerprint density at radius 3 is 2.40 bits per heavy atom. The quantitative estimate of drug-likeness (QED) is 0.165. The summed E-state index contributed by atoms with van der Waals surface area (Å²) in [6, 6.07) is 17.0. The van der Waals surface area contributed by atoms with Gasteiger partial charge in [0.15, 0.2) is 0 Å². The standard InChI is InChI=1S/C33H33ClF2N6O5S/c1-21(43)38-30-18-24(7-9-29(30)36)39-33(44)42(27-5-3-4-23(35)16-27)26-12-14-41(15-13-26)20-22-6-11-32(37-19-22)47-31-10-8-25(17-28(31)34)40-48(2,45)46/h3-11,16-19,26,40H,12-15,20H2,1-2H3,(H,38,43)(H,39,44).